The van der Waals surface area contributed by atoms with Crippen molar-refractivity contribution in [3.8, 4) is 17.4 Å². The van der Waals surface area contributed by atoms with Crippen molar-refractivity contribution in [2.75, 3.05) is 4.90 Å². The third kappa shape index (κ3) is 3.43. The third-order valence-corrected chi connectivity index (χ3v) is 6.64. The van der Waals surface area contributed by atoms with Gasteiger partial charge in [-0.3, -0.25) is 4.79 Å². The summed E-state index contributed by atoms with van der Waals surface area (Å²) >= 11 is 4.58. The lowest BCUT2D eigenvalue weighted by Gasteiger charge is -2.38. The number of benzene rings is 4. The topological polar surface area (TPSA) is 82.2 Å². The van der Waals surface area contributed by atoms with Gasteiger partial charge in [0.15, 0.2) is 5.76 Å². The molecule has 1 atom stereocenters. The Kier molecular flexibility index (Phi) is 5.02. The van der Waals surface area contributed by atoms with Crippen molar-refractivity contribution in [1.82, 2.24) is 10.5 Å². The standard InChI is InChI=1S/C28H18N4O2S/c29-16-23-27(33)30-26(32(28(23)35)19-9-2-1-3-10-19)18-13-14-24-22(15-18)25(34-31-24)21-12-6-8-17-7-4-5-11-20(17)21/h1-15,26,35H,(H,30,33). The number of hydrogen-bond acceptors (Lipinski definition) is 6. The van der Waals surface area contributed by atoms with E-state index in [2.05, 4.69) is 41.3 Å². The minimum Gasteiger partial charge on any atom is -0.355 e. The molecule has 4 aromatic carbocycles. The number of aromatic nitrogens is 1. The van der Waals surface area contributed by atoms with Gasteiger partial charge in [-0.25, -0.2) is 0 Å². The van der Waals surface area contributed by atoms with E-state index in [-0.39, 0.29) is 5.57 Å². The van der Waals surface area contributed by atoms with E-state index in [0.717, 1.165) is 33.0 Å². The first-order valence-corrected chi connectivity index (χ1v) is 11.5. The average molecular weight is 475 g/mol. The van der Waals surface area contributed by atoms with Crippen molar-refractivity contribution >= 4 is 45.9 Å². The molecule has 168 valence electrons. The second-order valence-corrected chi connectivity index (χ2v) is 8.63. The van der Waals surface area contributed by atoms with Gasteiger partial charge in [0.1, 0.15) is 23.3 Å². The van der Waals surface area contributed by atoms with Crippen LogP contribution in [0.25, 0.3) is 33.0 Å². The summed E-state index contributed by atoms with van der Waals surface area (Å²) in [7, 11) is 0. The highest BCUT2D eigenvalue weighted by Crippen LogP contribution is 2.39. The summed E-state index contributed by atoms with van der Waals surface area (Å²) < 4.78 is 5.82. The molecule has 1 amide bonds. The monoisotopic (exact) mass is 474 g/mol. The number of fused-ring (bicyclic) bond motifs is 2. The Morgan fingerprint density at radius 3 is 2.54 bits per heavy atom. The molecule has 0 spiro atoms. The molecule has 1 aromatic heterocycles. The zero-order valence-corrected chi connectivity index (χ0v) is 19.2. The number of carbonyl (C=O) groups excluding carboxylic acids is 1. The SMILES string of the molecule is N#CC1=C(S)N(c2ccccc2)C(c2ccc3noc(-c4cccc5ccccc45)c3c2)NC1=O. The Labute approximate surface area is 206 Å². The molecule has 0 aliphatic carbocycles. The Balaban J connectivity index is 1.53. The van der Waals surface area contributed by atoms with Crippen molar-refractivity contribution in [2.24, 2.45) is 0 Å². The molecule has 0 saturated carbocycles. The lowest BCUT2D eigenvalue weighted by atomic mass is 9.99. The number of rotatable bonds is 3. The molecule has 0 fully saturated rings. The number of hydrogen-bond donors (Lipinski definition) is 2. The quantitative estimate of drug-likeness (QED) is 0.316. The van der Waals surface area contributed by atoms with Crippen LogP contribution in [0.15, 0.2) is 106 Å². The van der Waals surface area contributed by atoms with E-state index in [0.29, 0.717) is 16.3 Å². The van der Waals surface area contributed by atoms with Crippen LogP contribution in [0, 0.1) is 11.3 Å². The van der Waals surface area contributed by atoms with Gasteiger partial charge in [0.2, 0.25) is 0 Å². The molecule has 2 heterocycles. The van der Waals surface area contributed by atoms with Gasteiger partial charge in [-0.1, -0.05) is 71.9 Å². The number of nitriles is 1. The highest BCUT2D eigenvalue weighted by Gasteiger charge is 2.34. The zero-order chi connectivity index (χ0) is 23.9. The summed E-state index contributed by atoms with van der Waals surface area (Å²) in [6.07, 6.45) is -0.575. The highest BCUT2D eigenvalue weighted by atomic mass is 32.1. The normalized spacial score (nSPS) is 15.9. The maximum Gasteiger partial charge on any atom is 0.266 e. The van der Waals surface area contributed by atoms with Gasteiger partial charge >= 0.3 is 0 Å². The number of anilines is 1. The summed E-state index contributed by atoms with van der Waals surface area (Å²) in [5.41, 5.74) is 3.23. The predicted molar refractivity (Wildman–Crippen MR) is 138 cm³/mol. The van der Waals surface area contributed by atoms with E-state index in [9.17, 15) is 10.1 Å². The second kappa shape index (κ2) is 8.35. The van der Waals surface area contributed by atoms with Crippen LogP contribution in [0.1, 0.15) is 11.7 Å². The van der Waals surface area contributed by atoms with E-state index >= 15 is 0 Å². The minimum absolute atomic E-state index is 0.0315. The van der Waals surface area contributed by atoms with Crippen LogP contribution in [-0.2, 0) is 4.79 Å². The summed E-state index contributed by atoms with van der Waals surface area (Å²) in [4.78, 5) is 14.6. The highest BCUT2D eigenvalue weighted by molar-refractivity contribution is 7.84. The van der Waals surface area contributed by atoms with Crippen molar-refractivity contribution < 1.29 is 9.32 Å². The number of para-hydroxylation sites is 1. The smallest absolute Gasteiger partial charge is 0.266 e. The summed E-state index contributed by atoms with van der Waals surface area (Å²) in [6, 6.07) is 31.5. The van der Waals surface area contributed by atoms with Crippen molar-refractivity contribution in [2.45, 2.75) is 6.17 Å². The van der Waals surface area contributed by atoms with E-state index in [1.165, 1.54) is 0 Å². The fraction of sp³-hybridized carbons (Fsp3) is 0.0357. The molecule has 0 bridgehead atoms. The van der Waals surface area contributed by atoms with E-state index in [1.54, 1.807) is 0 Å². The molecular weight excluding hydrogens is 456 g/mol. The summed E-state index contributed by atoms with van der Waals surface area (Å²) in [6.45, 7) is 0. The second-order valence-electron chi connectivity index (χ2n) is 8.21. The minimum atomic E-state index is -0.575. The van der Waals surface area contributed by atoms with Gasteiger partial charge in [-0.05, 0) is 40.6 Å². The molecule has 6 nitrogen and oxygen atoms in total. The van der Waals surface area contributed by atoms with Gasteiger partial charge < -0.3 is 14.7 Å². The molecule has 1 unspecified atom stereocenters. The fourth-order valence-corrected chi connectivity index (χ4v) is 4.93. The summed E-state index contributed by atoms with van der Waals surface area (Å²) in [5, 5.41) is 20.1. The molecule has 0 saturated heterocycles. The molecule has 1 N–H and O–H groups in total. The summed E-state index contributed by atoms with van der Waals surface area (Å²) in [5.74, 6) is 0.195. The van der Waals surface area contributed by atoms with E-state index in [4.69, 9.17) is 4.52 Å². The zero-order valence-electron chi connectivity index (χ0n) is 18.3. The van der Waals surface area contributed by atoms with E-state index in [1.807, 2.05) is 83.8 Å². The lowest BCUT2D eigenvalue weighted by Crippen LogP contribution is -2.46. The van der Waals surface area contributed by atoms with Crippen molar-refractivity contribution in [3.63, 3.8) is 0 Å². The molecule has 7 heteroatoms. The Hall–Kier alpha value is -4.54. The van der Waals surface area contributed by atoms with Crippen LogP contribution < -0.4 is 10.2 Å². The third-order valence-electron chi connectivity index (χ3n) is 6.20. The van der Waals surface area contributed by atoms with Gasteiger partial charge in [0.25, 0.3) is 5.91 Å². The van der Waals surface area contributed by atoms with Crippen molar-refractivity contribution in [3.05, 3.63) is 107 Å². The van der Waals surface area contributed by atoms with Crippen LogP contribution >= 0.6 is 12.6 Å². The predicted octanol–water partition coefficient (Wildman–Crippen LogP) is 5.95. The first kappa shape index (κ1) is 21.0. The largest absolute Gasteiger partial charge is 0.355 e. The molecule has 1 aliphatic heterocycles. The molecule has 0 radical (unpaired) electrons. The molecule has 1 aliphatic rings. The van der Waals surface area contributed by atoms with Crippen LogP contribution in [-0.4, -0.2) is 11.1 Å². The maximum absolute atomic E-state index is 12.7. The van der Waals surface area contributed by atoms with Gasteiger partial charge in [0, 0.05) is 11.3 Å². The fourth-order valence-electron chi connectivity index (χ4n) is 4.55. The van der Waals surface area contributed by atoms with Gasteiger partial charge in [-0.15, -0.1) is 12.6 Å². The molecule has 6 rings (SSSR count). The van der Waals surface area contributed by atoms with E-state index < -0.39 is 12.1 Å². The van der Waals surface area contributed by atoms with Crippen LogP contribution in [0.4, 0.5) is 5.69 Å². The van der Waals surface area contributed by atoms with Gasteiger partial charge in [-0.2, -0.15) is 5.26 Å². The first-order chi connectivity index (χ1) is 17.2. The molecular formula is C28H18N4O2S. The first-order valence-electron chi connectivity index (χ1n) is 11.0. The van der Waals surface area contributed by atoms with Crippen LogP contribution in [0.5, 0.6) is 0 Å². The number of carbonyl (C=O) groups is 1. The van der Waals surface area contributed by atoms with Crippen molar-refractivity contribution in [1.29, 1.82) is 5.26 Å². The molecule has 35 heavy (non-hydrogen) atoms. The average Bonchev–Trinajstić information content (AvgIpc) is 3.32. The van der Waals surface area contributed by atoms with Crippen LogP contribution in [0.2, 0.25) is 0 Å². The number of nitrogens with one attached hydrogen (secondary N) is 1. The maximum atomic E-state index is 12.7. The Bertz CT molecular complexity index is 1680. The van der Waals surface area contributed by atoms with Gasteiger partial charge in [0.05, 0.1) is 10.4 Å². The number of nitrogens with zero attached hydrogens (tertiary/aromatic N) is 3. The number of amides is 1. The number of thiol groups is 1. The lowest BCUT2D eigenvalue weighted by molar-refractivity contribution is -0.118. The Morgan fingerprint density at radius 1 is 0.943 bits per heavy atom. The Morgan fingerprint density at radius 2 is 1.71 bits per heavy atom. The van der Waals surface area contributed by atoms with Crippen LogP contribution in [0.3, 0.4) is 0 Å². The molecule has 5 aromatic rings.